The van der Waals surface area contributed by atoms with E-state index in [9.17, 15) is 24.0 Å². The number of aliphatic imine (C=N–C) groups is 5. The number of Topliss-reactive ketones (excluding diaryl/α,β-unsaturated/α-hetero) is 3. The van der Waals surface area contributed by atoms with E-state index in [1.807, 2.05) is 180 Å². The fourth-order valence-corrected chi connectivity index (χ4v) is 10.3. The lowest BCUT2D eigenvalue weighted by atomic mass is 10.0. The highest BCUT2D eigenvalue weighted by Crippen LogP contribution is 2.13. The number of unbranched alkanes of at least 4 members (excludes halogenated alkanes) is 1. The second kappa shape index (κ2) is 47.9. The van der Waals surface area contributed by atoms with E-state index in [-0.39, 0.29) is 29.2 Å². The van der Waals surface area contributed by atoms with Crippen LogP contribution < -0.4 is 26.6 Å². The summed E-state index contributed by atoms with van der Waals surface area (Å²) in [7, 11) is 5.82. The third kappa shape index (κ3) is 32.4. The third-order valence-electron chi connectivity index (χ3n) is 16.1. The first-order valence-electron chi connectivity index (χ1n) is 34.4. The van der Waals surface area contributed by atoms with Crippen LogP contribution in [0.1, 0.15) is 152 Å². The average Bonchev–Trinajstić information content (AvgIpc) is 1.88. The molecule has 0 saturated heterocycles. The van der Waals surface area contributed by atoms with E-state index in [0.29, 0.717) is 88.3 Å². The first kappa shape index (κ1) is 77.8. The Kier molecular flexibility index (Phi) is 39.2. The van der Waals surface area contributed by atoms with Gasteiger partial charge in [0.25, 0.3) is 11.8 Å². The molecule has 95 heavy (non-hydrogen) atoms. The second-order valence-electron chi connectivity index (χ2n) is 23.7. The molecular formula is C76H108N14O5. The highest BCUT2D eigenvalue weighted by atomic mass is 16.2. The third-order valence-corrected chi connectivity index (χ3v) is 16.1. The summed E-state index contributed by atoms with van der Waals surface area (Å²) in [4.78, 5) is 96.8. The average molecular weight is 1300 g/mol. The van der Waals surface area contributed by atoms with E-state index in [0.717, 1.165) is 163 Å². The van der Waals surface area contributed by atoms with Gasteiger partial charge in [0.2, 0.25) is 0 Å². The van der Waals surface area contributed by atoms with Crippen molar-refractivity contribution in [2.45, 2.75) is 72.1 Å². The number of carbonyl (C=O) groups excluding carboxylic acids is 5. The van der Waals surface area contributed by atoms with Gasteiger partial charge in [0.1, 0.15) is 0 Å². The van der Waals surface area contributed by atoms with Crippen LogP contribution in [0.25, 0.3) is 0 Å². The van der Waals surface area contributed by atoms with Crippen molar-refractivity contribution in [2.24, 2.45) is 25.0 Å². The fraction of sp³-hybridized carbons (Fsp3) is 0.474. The zero-order chi connectivity index (χ0) is 67.9. The number of nitrogens with zero attached hydrogens (tertiary/aromatic N) is 9. The molecule has 0 heterocycles. The summed E-state index contributed by atoms with van der Waals surface area (Å²) in [5, 5.41) is 15.8. The van der Waals surface area contributed by atoms with Crippen molar-refractivity contribution in [1.29, 1.82) is 0 Å². The predicted molar refractivity (Wildman–Crippen MR) is 394 cm³/mol. The van der Waals surface area contributed by atoms with Gasteiger partial charge in [0.05, 0.1) is 26.2 Å². The molecule has 5 aromatic rings. The second-order valence-corrected chi connectivity index (χ2v) is 23.7. The molecule has 512 valence electrons. The number of rotatable bonds is 51. The Morgan fingerprint density at radius 2 is 0.589 bits per heavy atom. The molecule has 0 radical (unpaired) electrons. The van der Waals surface area contributed by atoms with E-state index in [1.54, 1.807) is 0 Å². The van der Waals surface area contributed by atoms with Crippen LogP contribution in [0.3, 0.4) is 0 Å². The lowest BCUT2D eigenvalue weighted by Crippen LogP contribution is -2.38. The van der Waals surface area contributed by atoms with E-state index in [2.05, 4.69) is 75.0 Å². The molecule has 5 rings (SSSR count). The number of nitrogens with one attached hydrogen (secondary N) is 5. The van der Waals surface area contributed by atoms with Crippen molar-refractivity contribution < 1.29 is 24.0 Å². The van der Waals surface area contributed by atoms with Gasteiger partial charge in [0, 0.05) is 176 Å². The van der Waals surface area contributed by atoms with Crippen molar-refractivity contribution in [3.63, 3.8) is 0 Å². The van der Waals surface area contributed by atoms with Gasteiger partial charge in [-0.15, -0.1) is 0 Å². The number of likely N-dealkylation sites (N-methyl/N-ethyl adjacent to an activating group) is 3. The molecule has 19 nitrogen and oxygen atoms in total. The van der Waals surface area contributed by atoms with Gasteiger partial charge >= 0.3 is 0 Å². The van der Waals surface area contributed by atoms with Gasteiger partial charge in [-0.1, -0.05) is 124 Å². The van der Waals surface area contributed by atoms with Crippen molar-refractivity contribution in [3.05, 3.63) is 177 Å². The molecule has 0 aromatic heterocycles. The maximum Gasteiger partial charge on any atom is 0.251 e. The predicted octanol–water partition coefficient (Wildman–Crippen LogP) is 8.64. The highest BCUT2D eigenvalue weighted by molar-refractivity contribution is 5.99. The summed E-state index contributed by atoms with van der Waals surface area (Å²) < 4.78 is 0. The van der Waals surface area contributed by atoms with Crippen LogP contribution in [0.2, 0.25) is 0 Å². The smallest absolute Gasteiger partial charge is 0.251 e. The number of amides is 2. The van der Waals surface area contributed by atoms with Crippen LogP contribution in [0, 0.1) is 0 Å². The van der Waals surface area contributed by atoms with Crippen LogP contribution in [0.5, 0.6) is 0 Å². The summed E-state index contributed by atoms with van der Waals surface area (Å²) in [5.41, 5.74) is 8.11. The highest BCUT2D eigenvalue weighted by Gasteiger charge is 2.14. The minimum atomic E-state index is -0.124. The monoisotopic (exact) mass is 1300 g/mol. The van der Waals surface area contributed by atoms with Crippen molar-refractivity contribution in [1.82, 2.24) is 46.2 Å². The fourth-order valence-electron chi connectivity index (χ4n) is 10.3. The molecule has 19 heteroatoms. The molecule has 0 atom stereocenters. The lowest BCUT2D eigenvalue weighted by molar-refractivity contribution is 0.0938. The first-order chi connectivity index (χ1) is 46.4. The maximum atomic E-state index is 13.3. The molecule has 0 fully saturated rings. The molecular weight excluding hydrogens is 1190 g/mol. The van der Waals surface area contributed by atoms with Gasteiger partial charge in [-0.05, 0) is 119 Å². The largest absolute Gasteiger partial charge is 0.351 e. The number of hydrogen-bond donors (Lipinski definition) is 5. The zero-order valence-corrected chi connectivity index (χ0v) is 57.7. The van der Waals surface area contributed by atoms with Crippen LogP contribution in [0.4, 0.5) is 0 Å². The molecule has 5 N–H and O–H groups in total. The van der Waals surface area contributed by atoms with Gasteiger partial charge < -0.3 is 36.4 Å². The van der Waals surface area contributed by atoms with Crippen LogP contribution in [-0.2, 0) is 0 Å². The Hall–Kier alpha value is -7.88. The van der Waals surface area contributed by atoms with Crippen molar-refractivity contribution in [2.75, 3.05) is 165 Å². The Balaban J connectivity index is 0.948. The van der Waals surface area contributed by atoms with Gasteiger partial charge in [-0.3, -0.25) is 58.7 Å². The summed E-state index contributed by atoms with van der Waals surface area (Å²) in [6.07, 6.45) is 15.3. The Bertz CT molecular complexity index is 3130. The lowest BCUT2D eigenvalue weighted by Gasteiger charge is -2.22. The Morgan fingerprint density at radius 3 is 0.895 bits per heavy atom. The molecule has 0 aliphatic heterocycles. The summed E-state index contributed by atoms with van der Waals surface area (Å²) in [5.74, 6) is 0.147. The minimum absolute atomic E-state index is 0.119. The molecule has 0 bridgehead atoms. The van der Waals surface area contributed by atoms with Crippen LogP contribution in [0.15, 0.2) is 146 Å². The van der Waals surface area contributed by atoms with E-state index in [1.165, 1.54) is 0 Å². The topological polar surface area (TPSA) is 220 Å². The normalized spacial score (nSPS) is 12.0. The van der Waals surface area contributed by atoms with Crippen LogP contribution >= 0.6 is 0 Å². The van der Waals surface area contributed by atoms with Crippen molar-refractivity contribution in [3.8, 4) is 0 Å². The van der Waals surface area contributed by atoms with Crippen molar-refractivity contribution >= 4 is 60.2 Å². The Labute approximate surface area is 567 Å². The van der Waals surface area contributed by atoms with E-state index in [4.69, 9.17) is 9.98 Å². The standard InChI is InChI=1S/C76H108N14O5/c1-7-10-45-87(46-11-13-73(92)69-29-19-64(20-30-69)59-82-40-52-89(49-37-78-5)51-39-81-58-63-15-25-67(26-16-63)72(91)9-3)55-43-85-75(94)70-31-21-65(22-32-70)60-83-41-53-90(50-38-79-6)54-42-84-61-66-23-33-71(34-24-66)76(95)86-44-56-88(48-36-77-4)47-12-14-74(93)68-27-17-62(18-28-68)57-80-35-8-2/h15-34,57-61,77-79H,7-14,35-56H2,1-6H3,(H,85,94)(H,86,95). The Morgan fingerprint density at radius 1 is 0.316 bits per heavy atom. The first-order valence-corrected chi connectivity index (χ1v) is 34.4. The molecule has 0 spiro atoms. The molecule has 5 aromatic carbocycles. The molecule has 0 aliphatic carbocycles. The van der Waals surface area contributed by atoms with E-state index >= 15 is 0 Å². The molecule has 0 unspecified atom stereocenters. The van der Waals surface area contributed by atoms with Gasteiger partial charge in [-0.25, -0.2) is 0 Å². The van der Waals surface area contributed by atoms with Gasteiger partial charge in [0.15, 0.2) is 17.3 Å². The quantitative estimate of drug-likeness (QED) is 0.0183. The molecule has 0 aliphatic rings. The van der Waals surface area contributed by atoms with E-state index < -0.39 is 0 Å². The zero-order valence-electron chi connectivity index (χ0n) is 57.7. The number of carbonyl (C=O) groups is 5. The van der Waals surface area contributed by atoms with Gasteiger partial charge in [-0.2, -0.15) is 0 Å². The SMILES string of the molecule is CCCCN(CCCC(=O)c1ccc(C=NCCN(CCN=Cc2ccc(C(=O)CC)cc2)CCNC)cc1)CCNC(=O)c1ccc(C=NCCN(CCN=Cc2ccc(C(=O)NCCN(CCCC(=O)c3ccc(C=NCCC)cc3)CCNC)cc2)CCNC)cc1. The van der Waals surface area contributed by atoms with Crippen LogP contribution in [-0.4, -0.2) is 245 Å². The summed E-state index contributed by atoms with van der Waals surface area (Å²) in [6, 6.07) is 37.9. The number of benzene rings is 5. The summed E-state index contributed by atoms with van der Waals surface area (Å²) >= 11 is 0. The number of hydrogen-bond acceptors (Lipinski definition) is 17. The molecule has 0 saturated carbocycles. The molecule has 2 amide bonds. The minimum Gasteiger partial charge on any atom is -0.351 e. The maximum absolute atomic E-state index is 13.3. The number of ketones is 3. The summed E-state index contributed by atoms with van der Waals surface area (Å²) in [6.45, 7) is 22.6.